The Labute approximate surface area is 142 Å². The predicted molar refractivity (Wildman–Crippen MR) is 86.2 cm³/mol. The Hall–Kier alpha value is -1.63. The summed E-state index contributed by atoms with van der Waals surface area (Å²) in [6.45, 7) is 5.23. The van der Waals surface area contributed by atoms with Gasteiger partial charge in [-0.15, -0.1) is 0 Å². The standard InChI is InChI=1S/C18H24O6/c1-11(19)18(10-15-16(24-18)23-17(2,3)22-15)9-12-8-13(20-4)6-7-14(12)21-5/h6-8,15-16H,9-10H2,1-5H3/t15-,16+,18+/m1/s1. The molecule has 2 fully saturated rings. The third-order valence-electron chi connectivity index (χ3n) is 4.62. The van der Waals surface area contributed by atoms with Crippen LogP contribution in [0, 0.1) is 0 Å². The van der Waals surface area contributed by atoms with Gasteiger partial charge in [0.2, 0.25) is 0 Å². The number of hydrogen-bond donors (Lipinski definition) is 0. The number of methoxy groups -OCH3 is 2. The van der Waals surface area contributed by atoms with Crippen LogP contribution >= 0.6 is 0 Å². The molecule has 0 amide bonds. The van der Waals surface area contributed by atoms with Gasteiger partial charge in [-0.05, 0) is 39.0 Å². The molecule has 2 saturated heterocycles. The Morgan fingerprint density at radius 1 is 1.21 bits per heavy atom. The van der Waals surface area contributed by atoms with E-state index in [4.69, 9.17) is 23.7 Å². The Balaban J connectivity index is 1.88. The van der Waals surface area contributed by atoms with Gasteiger partial charge in [-0.1, -0.05) is 0 Å². The molecule has 0 aromatic heterocycles. The van der Waals surface area contributed by atoms with Crippen molar-refractivity contribution < 1.29 is 28.5 Å². The van der Waals surface area contributed by atoms with Gasteiger partial charge in [0.1, 0.15) is 23.2 Å². The lowest BCUT2D eigenvalue weighted by Crippen LogP contribution is -2.41. The van der Waals surface area contributed by atoms with Crippen LogP contribution in [-0.4, -0.2) is 43.8 Å². The topological polar surface area (TPSA) is 63.2 Å². The summed E-state index contributed by atoms with van der Waals surface area (Å²) in [5.41, 5.74) is -0.128. The van der Waals surface area contributed by atoms with Crippen LogP contribution in [-0.2, 0) is 25.4 Å². The Morgan fingerprint density at radius 2 is 1.96 bits per heavy atom. The highest BCUT2D eigenvalue weighted by Gasteiger charge is 2.57. The molecule has 0 unspecified atom stereocenters. The van der Waals surface area contributed by atoms with Crippen LogP contribution in [0.3, 0.4) is 0 Å². The van der Waals surface area contributed by atoms with Crippen molar-refractivity contribution in [3.63, 3.8) is 0 Å². The predicted octanol–water partition coefficient (Wildman–Crippen LogP) is 2.47. The van der Waals surface area contributed by atoms with Crippen molar-refractivity contribution in [1.82, 2.24) is 0 Å². The molecule has 0 N–H and O–H groups in total. The highest BCUT2D eigenvalue weighted by Crippen LogP contribution is 2.44. The molecular weight excluding hydrogens is 312 g/mol. The second-order valence-corrected chi connectivity index (χ2v) is 6.77. The first-order valence-electron chi connectivity index (χ1n) is 8.04. The van der Waals surface area contributed by atoms with E-state index in [0.717, 1.165) is 5.56 Å². The summed E-state index contributed by atoms with van der Waals surface area (Å²) >= 11 is 0. The lowest BCUT2D eigenvalue weighted by molar-refractivity contribution is -0.223. The number of carbonyl (C=O) groups is 1. The fraction of sp³-hybridized carbons (Fsp3) is 0.611. The van der Waals surface area contributed by atoms with Gasteiger partial charge in [-0.3, -0.25) is 4.79 Å². The maximum absolute atomic E-state index is 12.4. The van der Waals surface area contributed by atoms with Crippen molar-refractivity contribution in [2.45, 2.75) is 57.4 Å². The van der Waals surface area contributed by atoms with E-state index in [1.54, 1.807) is 21.1 Å². The molecule has 0 aliphatic carbocycles. The highest BCUT2D eigenvalue weighted by molar-refractivity contribution is 5.86. The second-order valence-electron chi connectivity index (χ2n) is 6.77. The molecule has 6 heteroatoms. The first-order chi connectivity index (χ1) is 11.3. The van der Waals surface area contributed by atoms with Crippen LogP contribution in [0.1, 0.15) is 32.8 Å². The van der Waals surface area contributed by atoms with E-state index in [2.05, 4.69) is 0 Å². The number of ketones is 1. The van der Waals surface area contributed by atoms with Crippen LogP contribution in [0.5, 0.6) is 11.5 Å². The first kappa shape index (κ1) is 17.2. The van der Waals surface area contributed by atoms with E-state index in [1.165, 1.54) is 0 Å². The van der Waals surface area contributed by atoms with Gasteiger partial charge in [-0.25, -0.2) is 0 Å². The molecule has 0 spiro atoms. The summed E-state index contributed by atoms with van der Waals surface area (Å²) in [7, 11) is 3.21. The molecule has 1 aromatic carbocycles. The van der Waals surface area contributed by atoms with Crippen LogP contribution in [0.2, 0.25) is 0 Å². The van der Waals surface area contributed by atoms with Crippen LogP contribution in [0.15, 0.2) is 18.2 Å². The van der Waals surface area contributed by atoms with Gasteiger partial charge in [0.05, 0.1) is 14.2 Å². The fourth-order valence-electron chi connectivity index (χ4n) is 3.43. The molecule has 24 heavy (non-hydrogen) atoms. The highest BCUT2D eigenvalue weighted by atomic mass is 16.8. The summed E-state index contributed by atoms with van der Waals surface area (Å²) in [4.78, 5) is 12.4. The average molecular weight is 336 g/mol. The quantitative estimate of drug-likeness (QED) is 0.823. The maximum atomic E-state index is 12.4. The third kappa shape index (κ3) is 3.01. The smallest absolute Gasteiger partial charge is 0.188 e. The molecular formula is C18H24O6. The number of benzene rings is 1. The Morgan fingerprint density at radius 3 is 2.54 bits per heavy atom. The zero-order chi connectivity index (χ0) is 17.5. The van der Waals surface area contributed by atoms with Gasteiger partial charge in [0, 0.05) is 18.4 Å². The summed E-state index contributed by atoms with van der Waals surface area (Å²) in [5.74, 6) is 0.661. The SMILES string of the molecule is COc1ccc(OC)c(C[C@@]2(C(C)=O)C[C@H]3OC(C)(C)O[C@H]3O2)c1. The number of fused-ring (bicyclic) bond motifs is 1. The minimum atomic E-state index is -0.981. The summed E-state index contributed by atoms with van der Waals surface area (Å²) < 4.78 is 28.4. The summed E-state index contributed by atoms with van der Waals surface area (Å²) in [6.07, 6.45) is 0.0561. The molecule has 0 radical (unpaired) electrons. The summed E-state index contributed by atoms with van der Waals surface area (Å²) in [5, 5.41) is 0. The number of hydrogen-bond acceptors (Lipinski definition) is 6. The van der Waals surface area contributed by atoms with E-state index in [-0.39, 0.29) is 11.9 Å². The molecule has 1 aromatic rings. The number of Topliss-reactive ketones (excluding diaryl/α,β-unsaturated/α-hetero) is 1. The molecule has 6 nitrogen and oxygen atoms in total. The van der Waals surface area contributed by atoms with Crippen molar-refractivity contribution in [2.75, 3.05) is 14.2 Å². The largest absolute Gasteiger partial charge is 0.497 e. The molecule has 2 aliphatic rings. The van der Waals surface area contributed by atoms with E-state index < -0.39 is 17.7 Å². The second kappa shape index (κ2) is 6.02. The fourth-order valence-corrected chi connectivity index (χ4v) is 3.43. The molecule has 3 atom stereocenters. The monoisotopic (exact) mass is 336 g/mol. The third-order valence-corrected chi connectivity index (χ3v) is 4.62. The van der Waals surface area contributed by atoms with Crippen LogP contribution < -0.4 is 9.47 Å². The maximum Gasteiger partial charge on any atom is 0.188 e. The van der Waals surface area contributed by atoms with Crippen molar-refractivity contribution in [2.24, 2.45) is 0 Å². The van der Waals surface area contributed by atoms with Gasteiger partial charge in [0.15, 0.2) is 17.9 Å². The molecule has 3 rings (SSSR count). The lowest BCUT2D eigenvalue weighted by Gasteiger charge is -2.29. The summed E-state index contributed by atoms with van der Waals surface area (Å²) in [6, 6.07) is 5.52. The zero-order valence-corrected chi connectivity index (χ0v) is 14.8. The lowest BCUT2D eigenvalue weighted by atomic mass is 9.87. The average Bonchev–Trinajstić information content (AvgIpc) is 2.97. The number of ether oxygens (including phenoxy) is 5. The van der Waals surface area contributed by atoms with Gasteiger partial charge >= 0.3 is 0 Å². The van der Waals surface area contributed by atoms with Crippen molar-refractivity contribution >= 4 is 5.78 Å². The minimum Gasteiger partial charge on any atom is -0.497 e. The molecule has 2 heterocycles. The Kier molecular flexibility index (Phi) is 4.32. The number of rotatable bonds is 5. The van der Waals surface area contributed by atoms with E-state index in [9.17, 15) is 4.79 Å². The Bertz CT molecular complexity index is 622. The van der Waals surface area contributed by atoms with Crippen LogP contribution in [0.4, 0.5) is 0 Å². The van der Waals surface area contributed by atoms with E-state index in [1.807, 2.05) is 32.0 Å². The minimum absolute atomic E-state index is 0.0493. The number of carbonyl (C=O) groups excluding carboxylic acids is 1. The van der Waals surface area contributed by atoms with Crippen molar-refractivity contribution in [3.8, 4) is 11.5 Å². The van der Waals surface area contributed by atoms with Crippen molar-refractivity contribution in [3.05, 3.63) is 23.8 Å². The van der Waals surface area contributed by atoms with E-state index in [0.29, 0.717) is 24.3 Å². The first-order valence-corrected chi connectivity index (χ1v) is 8.04. The molecule has 0 bridgehead atoms. The van der Waals surface area contributed by atoms with Crippen LogP contribution in [0.25, 0.3) is 0 Å². The molecule has 2 aliphatic heterocycles. The van der Waals surface area contributed by atoms with Gasteiger partial charge in [0.25, 0.3) is 0 Å². The normalized spacial score (nSPS) is 30.9. The zero-order valence-electron chi connectivity index (χ0n) is 14.8. The molecule has 0 saturated carbocycles. The van der Waals surface area contributed by atoms with Gasteiger partial charge < -0.3 is 23.7 Å². The van der Waals surface area contributed by atoms with E-state index >= 15 is 0 Å². The van der Waals surface area contributed by atoms with Gasteiger partial charge in [-0.2, -0.15) is 0 Å². The van der Waals surface area contributed by atoms with Crippen molar-refractivity contribution in [1.29, 1.82) is 0 Å². The molecule has 132 valence electrons.